The van der Waals surface area contributed by atoms with Gasteiger partial charge in [-0.15, -0.1) is 0 Å². The zero-order valence-electron chi connectivity index (χ0n) is 22.9. The number of aryl methyl sites for hydroxylation is 2. The number of nitrogens with zero attached hydrogens (tertiary/aromatic N) is 1. The Morgan fingerprint density at radius 2 is 1.66 bits per heavy atom. The average molecular weight is 488 g/mol. The molecule has 0 heterocycles. The molecular weight excluding hydrogens is 442 g/mol. The van der Waals surface area contributed by atoms with E-state index in [1.165, 1.54) is 6.42 Å². The van der Waals surface area contributed by atoms with Crippen LogP contribution in [0.2, 0.25) is 0 Å². The van der Waals surface area contributed by atoms with Gasteiger partial charge in [0.25, 0.3) is 0 Å². The van der Waals surface area contributed by atoms with Crippen LogP contribution in [0.1, 0.15) is 103 Å². The van der Waals surface area contributed by atoms with Crippen molar-refractivity contribution in [1.82, 2.24) is 15.5 Å². The second kappa shape index (κ2) is 11.9. The molecule has 3 amide bonds. The van der Waals surface area contributed by atoms with E-state index in [0.29, 0.717) is 6.42 Å². The normalized spacial score (nSPS) is 15.8. The molecule has 0 saturated heterocycles. The molecule has 35 heavy (non-hydrogen) atoms. The SMILES string of the molecule is CCC(C)(C)N(C(=O)CNC(=O)OC(C)(C)C)C(C(=O)NC1CCCCC1)c1ccc(C)c(C)c1. The maximum absolute atomic E-state index is 13.8. The number of hydrogen-bond acceptors (Lipinski definition) is 4. The van der Waals surface area contributed by atoms with Crippen LogP contribution in [0.15, 0.2) is 18.2 Å². The van der Waals surface area contributed by atoms with E-state index in [1.807, 2.05) is 52.8 Å². The Balaban J connectivity index is 2.41. The largest absolute Gasteiger partial charge is 0.444 e. The first-order valence-electron chi connectivity index (χ1n) is 12.9. The Hall–Kier alpha value is -2.57. The van der Waals surface area contributed by atoms with Crippen molar-refractivity contribution in [2.75, 3.05) is 6.54 Å². The molecule has 1 atom stereocenters. The van der Waals surface area contributed by atoms with E-state index in [1.54, 1.807) is 25.7 Å². The summed E-state index contributed by atoms with van der Waals surface area (Å²) < 4.78 is 5.30. The summed E-state index contributed by atoms with van der Waals surface area (Å²) in [6.07, 6.45) is 5.28. The van der Waals surface area contributed by atoms with Crippen molar-refractivity contribution >= 4 is 17.9 Å². The predicted octanol–water partition coefficient (Wildman–Crippen LogP) is 5.34. The lowest BCUT2D eigenvalue weighted by Crippen LogP contribution is -2.57. The Bertz CT molecular complexity index is 898. The molecule has 1 aromatic carbocycles. The van der Waals surface area contributed by atoms with Crippen LogP contribution >= 0.6 is 0 Å². The summed E-state index contributed by atoms with van der Waals surface area (Å²) in [7, 11) is 0. The van der Waals surface area contributed by atoms with Gasteiger partial charge in [0.15, 0.2) is 0 Å². The van der Waals surface area contributed by atoms with Crippen LogP contribution in [0.4, 0.5) is 4.79 Å². The van der Waals surface area contributed by atoms with Crippen molar-refractivity contribution in [1.29, 1.82) is 0 Å². The molecule has 0 radical (unpaired) electrons. The Labute approximate surface area is 211 Å². The van der Waals surface area contributed by atoms with Gasteiger partial charge in [0, 0.05) is 11.6 Å². The fourth-order valence-corrected chi connectivity index (χ4v) is 4.43. The van der Waals surface area contributed by atoms with Gasteiger partial charge in [-0.2, -0.15) is 0 Å². The number of alkyl carbamates (subject to hydrolysis) is 1. The molecule has 1 unspecified atom stereocenters. The maximum atomic E-state index is 13.8. The smallest absolute Gasteiger partial charge is 0.408 e. The van der Waals surface area contributed by atoms with Crippen molar-refractivity contribution in [3.8, 4) is 0 Å². The zero-order valence-corrected chi connectivity index (χ0v) is 22.9. The van der Waals surface area contributed by atoms with Crippen molar-refractivity contribution in [2.45, 2.75) is 117 Å². The van der Waals surface area contributed by atoms with E-state index in [2.05, 4.69) is 10.6 Å². The standard InChI is InChI=1S/C28H45N3O4/c1-9-28(7,8)31(23(32)18-29-26(34)35-27(4,5)6)24(21-16-15-19(2)20(3)17-21)25(33)30-22-13-11-10-12-14-22/h15-17,22,24H,9-14,18H2,1-8H3,(H,29,34)(H,30,33). The Kier molecular flexibility index (Phi) is 9.76. The zero-order chi connectivity index (χ0) is 26.4. The number of carbonyl (C=O) groups is 3. The maximum Gasteiger partial charge on any atom is 0.408 e. The van der Waals surface area contributed by atoms with E-state index >= 15 is 0 Å². The Morgan fingerprint density at radius 3 is 2.20 bits per heavy atom. The van der Waals surface area contributed by atoms with Gasteiger partial charge in [-0.3, -0.25) is 9.59 Å². The second-order valence-corrected chi connectivity index (χ2v) is 11.4. The number of carbonyl (C=O) groups excluding carboxylic acids is 3. The third kappa shape index (κ3) is 8.25. The highest BCUT2D eigenvalue weighted by molar-refractivity contribution is 5.91. The highest BCUT2D eigenvalue weighted by atomic mass is 16.6. The van der Waals surface area contributed by atoms with E-state index in [4.69, 9.17) is 4.74 Å². The lowest BCUT2D eigenvalue weighted by atomic mass is 9.90. The van der Waals surface area contributed by atoms with Crippen molar-refractivity contribution in [3.05, 3.63) is 34.9 Å². The minimum Gasteiger partial charge on any atom is -0.444 e. The second-order valence-electron chi connectivity index (χ2n) is 11.4. The van der Waals surface area contributed by atoms with E-state index in [9.17, 15) is 14.4 Å². The Morgan fingerprint density at radius 1 is 1.03 bits per heavy atom. The summed E-state index contributed by atoms with van der Waals surface area (Å²) in [6, 6.07) is 5.23. The highest BCUT2D eigenvalue weighted by Crippen LogP contribution is 2.33. The van der Waals surface area contributed by atoms with Crippen LogP contribution in [0.25, 0.3) is 0 Å². The average Bonchev–Trinajstić information content (AvgIpc) is 2.77. The van der Waals surface area contributed by atoms with Gasteiger partial charge in [-0.1, -0.05) is 44.4 Å². The molecule has 2 N–H and O–H groups in total. The minimum absolute atomic E-state index is 0.117. The summed E-state index contributed by atoms with van der Waals surface area (Å²) in [5.41, 5.74) is 1.66. The van der Waals surface area contributed by atoms with Crippen LogP contribution in [0.3, 0.4) is 0 Å². The number of amides is 3. The van der Waals surface area contributed by atoms with Crippen LogP contribution in [0.5, 0.6) is 0 Å². The fraction of sp³-hybridized carbons (Fsp3) is 0.679. The number of rotatable bonds is 8. The van der Waals surface area contributed by atoms with Gasteiger partial charge < -0.3 is 20.3 Å². The first-order chi connectivity index (χ1) is 16.2. The monoisotopic (exact) mass is 487 g/mol. The van der Waals surface area contributed by atoms with E-state index < -0.39 is 23.3 Å². The molecule has 7 nitrogen and oxygen atoms in total. The molecule has 1 fully saturated rings. The van der Waals surface area contributed by atoms with E-state index in [0.717, 1.165) is 42.4 Å². The molecular formula is C28H45N3O4. The predicted molar refractivity (Wildman–Crippen MR) is 139 cm³/mol. The van der Waals surface area contributed by atoms with Crippen molar-refractivity contribution < 1.29 is 19.1 Å². The molecule has 0 bridgehead atoms. The summed E-state index contributed by atoms with van der Waals surface area (Å²) in [4.78, 5) is 41.4. The molecule has 0 aliphatic heterocycles. The van der Waals surface area contributed by atoms with Gasteiger partial charge in [-0.05, 0) is 84.4 Å². The molecule has 1 aliphatic carbocycles. The molecule has 7 heteroatoms. The third-order valence-electron chi connectivity index (χ3n) is 6.87. The lowest BCUT2D eigenvalue weighted by molar-refractivity contribution is -0.147. The first-order valence-corrected chi connectivity index (χ1v) is 12.9. The molecule has 1 aliphatic rings. The van der Waals surface area contributed by atoms with Gasteiger partial charge >= 0.3 is 6.09 Å². The molecule has 2 rings (SSSR count). The lowest BCUT2D eigenvalue weighted by Gasteiger charge is -2.43. The fourth-order valence-electron chi connectivity index (χ4n) is 4.43. The molecule has 0 aromatic heterocycles. The summed E-state index contributed by atoms with van der Waals surface area (Å²) >= 11 is 0. The third-order valence-corrected chi connectivity index (χ3v) is 6.87. The highest BCUT2D eigenvalue weighted by Gasteiger charge is 2.40. The van der Waals surface area contributed by atoms with Gasteiger partial charge in [0.05, 0.1) is 0 Å². The molecule has 1 saturated carbocycles. The topological polar surface area (TPSA) is 87.7 Å². The van der Waals surface area contributed by atoms with Crippen molar-refractivity contribution in [3.63, 3.8) is 0 Å². The van der Waals surface area contributed by atoms with Crippen LogP contribution in [-0.4, -0.2) is 46.5 Å². The molecule has 196 valence electrons. The van der Waals surface area contributed by atoms with Gasteiger partial charge in [-0.25, -0.2) is 4.79 Å². The first kappa shape index (κ1) is 28.7. The van der Waals surface area contributed by atoms with Crippen LogP contribution in [0, 0.1) is 13.8 Å². The van der Waals surface area contributed by atoms with Gasteiger partial charge in [0.1, 0.15) is 18.2 Å². The number of nitrogens with one attached hydrogen (secondary N) is 2. The van der Waals surface area contributed by atoms with Crippen LogP contribution < -0.4 is 10.6 Å². The minimum atomic E-state index is -0.806. The summed E-state index contributed by atoms with van der Waals surface area (Å²) in [5, 5.41) is 5.81. The summed E-state index contributed by atoms with van der Waals surface area (Å²) in [6.45, 7) is 15.0. The number of benzene rings is 1. The molecule has 1 aromatic rings. The number of hydrogen-bond donors (Lipinski definition) is 2. The quantitative estimate of drug-likeness (QED) is 0.518. The summed E-state index contributed by atoms with van der Waals surface area (Å²) in [5.74, 6) is -0.503. The number of ether oxygens (including phenoxy) is 1. The van der Waals surface area contributed by atoms with Gasteiger partial charge in [0.2, 0.25) is 11.8 Å². The van der Waals surface area contributed by atoms with Crippen molar-refractivity contribution in [2.24, 2.45) is 0 Å². The molecule has 0 spiro atoms. The van der Waals surface area contributed by atoms with E-state index in [-0.39, 0.29) is 24.4 Å². The van der Waals surface area contributed by atoms with Crippen LogP contribution in [-0.2, 0) is 14.3 Å².